The van der Waals surface area contributed by atoms with Gasteiger partial charge < -0.3 is 14.4 Å². The second kappa shape index (κ2) is 10.4. The van der Waals surface area contributed by atoms with Crippen LogP contribution in [0.2, 0.25) is 0 Å². The molecule has 3 aromatic rings. The Hall–Kier alpha value is -3.26. The van der Waals surface area contributed by atoms with Gasteiger partial charge in [-0.1, -0.05) is 32.0 Å². The van der Waals surface area contributed by atoms with E-state index in [0.717, 1.165) is 12.1 Å². The first kappa shape index (κ1) is 23.4. The lowest BCUT2D eigenvalue weighted by Crippen LogP contribution is -2.36. The Kier molecular flexibility index (Phi) is 7.58. The molecule has 1 heterocycles. The van der Waals surface area contributed by atoms with Crippen LogP contribution >= 0.6 is 0 Å². The van der Waals surface area contributed by atoms with Gasteiger partial charge in [0, 0.05) is 25.6 Å². The zero-order valence-corrected chi connectivity index (χ0v) is 18.6. The minimum absolute atomic E-state index is 0.0483. The number of aromatic nitrogens is 2. The molecule has 0 atom stereocenters. The molecule has 32 heavy (non-hydrogen) atoms. The summed E-state index contributed by atoms with van der Waals surface area (Å²) in [5.74, 6) is -1.66. The van der Waals surface area contributed by atoms with Crippen LogP contribution in [-0.2, 0) is 16.1 Å². The summed E-state index contributed by atoms with van der Waals surface area (Å²) < 4.78 is 40.5. The SMILES string of the molecule is COCCN(Cc1c(C)nn(-c2ccccc2)c1Oc1ccc(F)cc1F)C(=O)C(C)C. The van der Waals surface area contributed by atoms with Gasteiger partial charge in [-0.2, -0.15) is 5.10 Å². The van der Waals surface area contributed by atoms with Gasteiger partial charge in [-0.3, -0.25) is 4.79 Å². The van der Waals surface area contributed by atoms with Crippen molar-refractivity contribution in [3.8, 4) is 17.3 Å². The summed E-state index contributed by atoms with van der Waals surface area (Å²) in [6.45, 7) is 6.41. The van der Waals surface area contributed by atoms with Crippen LogP contribution in [0, 0.1) is 24.5 Å². The topological polar surface area (TPSA) is 56.6 Å². The molecule has 2 aromatic carbocycles. The van der Waals surface area contributed by atoms with E-state index in [1.165, 1.54) is 6.07 Å². The van der Waals surface area contributed by atoms with E-state index in [0.29, 0.717) is 30.1 Å². The second-order valence-corrected chi connectivity index (χ2v) is 7.70. The summed E-state index contributed by atoms with van der Waals surface area (Å²) in [7, 11) is 1.57. The Balaban J connectivity index is 2.08. The first-order chi connectivity index (χ1) is 15.3. The normalized spacial score (nSPS) is 11.1. The van der Waals surface area contributed by atoms with Crippen LogP contribution in [0.3, 0.4) is 0 Å². The molecule has 170 valence electrons. The minimum Gasteiger partial charge on any atom is -0.435 e. The largest absolute Gasteiger partial charge is 0.435 e. The number of para-hydroxylation sites is 1. The highest BCUT2D eigenvalue weighted by molar-refractivity contribution is 5.78. The molecule has 1 amide bonds. The maximum Gasteiger partial charge on any atom is 0.228 e. The fourth-order valence-corrected chi connectivity index (χ4v) is 3.26. The molecular weight excluding hydrogens is 416 g/mol. The zero-order chi connectivity index (χ0) is 23.3. The van der Waals surface area contributed by atoms with Crippen molar-refractivity contribution in [2.75, 3.05) is 20.3 Å². The average Bonchev–Trinajstić information content (AvgIpc) is 3.08. The molecular formula is C24H27F2N3O3. The molecule has 0 aliphatic rings. The Bertz CT molecular complexity index is 1070. The number of nitrogens with zero attached hydrogens (tertiary/aromatic N) is 3. The number of benzene rings is 2. The quantitative estimate of drug-likeness (QED) is 0.473. The van der Waals surface area contributed by atoms with Crippen LogP contribution in [0.1, 0.15) is 25.1 Å². The first-order valence-electron chi connectivity index (χ1n) is 10.4. The molecule has 0 radical (unpaired) electrons. The van der Waals surface area contributed by atoms with E-state index >= 15 is 0 Å². The predicted molar refractivity (Wildman–Crippen MR) is 117 cm³/mol. The monoisotopic (exact) mass is 443 g/mol. The highest BCUT2D eigenvalue weighted by Gasteiger charge is 2.25. The number of carbonyl (C=O) groups excluding carboxylic acids is 1. The van der Waals surface area contributed by atoms with Crippen molar-refractivity contribution >= 4 is 5.91 Å². The fourth-order valence-electron chi connectivity index (χ4n) is 3.26. The maximum absolute atomic E-state index is 14.4. The molecule has 0 fully saturated rings. The van der Waals surface area contributed by atoms with Crippen molar-refractivity contribution in [2.45, 2.75) is 27.3 Å². The molecule has 8 heteroatoms. The summed E-state index contributed by atoms with van der Waals surface area (Å²) in [6.07, 6.45) is 0. The Morgan fingerprint density at radius 2 is 1.88 bits per heavy atom. The summed E-state index contributed by atoms with van der Waals surface area (Å²) in [5, 5.41) is 4.59. The van der Waals surface area contributed by atoms with E-state index in [1.54, 1.807) is 23.6 Å². The summed E-state index contributed by atoms with van der Waals surface area (Å²) in [5.41, 5.74) is 1.96. The minimum atomic E-state index is -0.830. The number of ether oxygens (including phenoxy) is 2. The molecule has 1 aromatic heterocycles. The van der Waals surface area contributed by atoms with E-state index in [4.69, 9.17) is 9.47 Å². The van der Waals surface area contributed by atoms with Crippen molar-refractivity contribution < 1.29 is 23.0 Å². The van der Waals surface area contributed by atoms with E-state index in [-0.39, 0.29) is 30.0 Å². The molecule has 0 saturated heterocycles. The van der Waals surface area contributed by atoms with E-state index < -0.39 is 11.6 Å². The van der Waals surface area contributed by atoms with Crippen LogP contribution < -0.4 is 4.74 Å². The van der Waals surface area contributed by atoms with Gasteiger partial charge in [0.1, 0.15) is 5.82 Å². The van der Waals surface area contributed by atoms with Gasteiger partial charge in [-0.05, 0) is 31.2 Å². The zero-order valence-electron chi connectivity index (χ0n) is 18.6. The Labute approximate surface area is 186 Å². The van der Waals surface area contributed by atoms with Gasteiger partial charge in [0.2, 0.25) is 11.8 Å². The third-order valence-corrected chi connectivity index (χ3v) is 4.96. The number of amides is 1. The van der Waals surface area contributed by atoms with Crippen molar-refractivity contribution in [3.05, 3.63) is 71.4 Å². The molecule has 6 nitrogen and oxygen atoms in total. The van der Waals surface area contributed by atoms with Gasteiger partial charge in [-0.25, -0.2) is 13.5 Å². The van der Waals surface area contributed by atoms with Gasteiger partial charge in [-0.15, -0.1) is 0 Å². The summed E-state index contributed by atoms with van der Waals surface area (Å²) in [4.78, 5) is 14.5. The Morgan fingerprint density at radius 3 is 2.50 bits per heavy atom. The van der Waals surface area contributed by atoms with Crippen molar-refractivity contribution in [1.29, 1.82) is 0 Å². The number of hydrogen-bond donors (Lipinski definition) is 0. The molecule has 0 N–H and O–H groups in total. The number of carbonyl (C=O) groups is 1. The number of aryl methyl sites for hydroxylation is 1. The van der Waals surface area contributed by atoms with Crippen LogP contribution in [-0.4, -0.2) is 40.8 Å². The van der Waals surface area contributed by atoms with Crippen LogP contribution in [0.25, 0.3) is 5.69 Å². The van der Waals surface area contributed by atoms with Gasteiger partial charge in [0.05, 0.1) is 30.1 Å². The summed E-state index contributed by atoms with van der Waals surface area (Å²) in [6, 6.07) is 12.4. The molecule has 0 bridgehead atoms. The lowest BCUT2D eigenvalue weighted by atomic mass is 10.1. The van der Waals surface area contributed by atoms with Gasteiger partial charge in [0.15, 0.2) is 11.6 Å². The average molecular weight is 443 g/mol. The van der Waals surface area contributed by atoms with Crippen LogP contribution in [0.15, 0.2) is 48.5 Å². The number of methoxy groups -OCH3 is 1. The molecule has 0 aliphatic carbocycles. The standard InChI is InChI=1S/C24H27F2N3O3/c1-16(2)23(30)28(12-13-31-4)15-20-17(3)27-29(19-8-6-5-7-9-19)24(20)32-22-11-10-18(25)14-21(22)26/h5-11,14,16H,12-13,15H2,1-4H3. The number of rotatable bonds is 9. The van der Waals surface area contributed by atoms with Crippen molar-refractivity contribution in [3.63, 3.8) is 0 Å². The summed E-state index contributed by atoms with van der Waals surface area (Å²) >= 11 is 0. The Morgan fingerprint density at radius 1 is 1.16 bits per heavy atom. The van der Waals surface area contributed by atoms with Crippen molar-refractivity contribution in [1.82, 2.24) is 14.7 Å². The van der Waals surface area contributed by atoms with Gasteiger partial charge in [0.25, 0.3) is 0 Å². The lowest BCUT2D eigenvalue weighted by molar-refractivity contribution is -0.135. The van der Waals surface area contributed by atoms with Crippen molar-refractivity contribution in [2.24, 2.45) is 5.92 Å². The molecule has 0 unspecified atom stereocenters. The molecule has 3 rings (SSSR count). The van der Waals surface area contributed by atoms with E-state index in [2.05, 4.69) is 5.10 Å². The number of halogens is 2. The van der Waals surface area contributed by atoms with E-state index in [9.17, 15) is 13.6 Å². The highest BCUT2D eigenvalue weighted by Crippen LogP contribution is 2.33. The van der Waals surface area contributed by atoms with Gasteiger partial charge >= 0.3 is 0 Å². The fraction of sp³-hybridized carbons (Fsp3) is 0.333. The molecule has 0 aliphatic heterocycles. The first-order valence-corrected chi connectivity index (χ1v) is 10.4. The number of hydrogen-bond acceptors (Lipinski definition) is 4. The van der Waals surface area contributed by atoms with E-state index in [1.807, 2.05) is 44.2 Å². The highest BCUT2D eigenvalue weighted by atomic mass is 19.1. The smallest absolute Gasteiger partial charge is 0.228 e. The predicted octanol–water partition coefficient (Wildman–Crippen LogP) is 4.88. The maximum atomic E-state index is 14.4. The third-order valence-electron chi connectivity index (χ3n) is 4.96. The molecule has 0 spiro atoms. The van der Waals surface area contributed by atoms with Crippen LogP contribution in [0.4, 0.5) is 8.78 Å². The second-order valence-electron chi connectivity index (χ2n) is 7.70. The van der Waals surface area contributed by atoms with Crippen LogP contribution in [0.5, 0.6) is 11.6 Å². The molecule has 0 saturated carbocycles. The lowest BCUT2D eigenvalue weighted by Gasteiger charge is -2.24. The third kappa shape index (κ3) is 5.31.